The van der Waals surface area contributed by atoms with Crippen molar-refractivity contribution in [1.82, 2.24) is 20.2 Å². The van der Waals surface area contributed by atoms with Crippen LogP contribution in [0, 0.1) is 11.8 Å². The summed E-state index contributed by atoms with van der Waals surface area (Å²) >= 11 is 0. The van der Waals surface area contributed by atoms with E-state index in [2.05, 4.69) is 20.2 Å². The Bertz CT molecular complexity index is 851. The van der Waals surface area contributed by atoms with Crippen LogP contribution in [0.3, 0.4) is 0 Å². The Morgan fingerprint density at radius 2 is 2.07 bits per heavy atom. The van der Waals surface area contributed by atoms with Crippen LogP contribution in [0.15, 0.2) is 24.5 Å². The van der Waals surface area contributed by atoms with Crippen LogP contribution in [0.5, 0.6) is 5.75 Å². The SMILES string of the molecule is COc1cccc2ncnc(N3CC4CCC(NC(=O)CN(C)C)CC4C3)c12. The van der Waals surface area contributed by atoms with Gasteiger partial charge in [0.05, 0.1) is 24.6 Å². The number of likely N-dealkylation sites (N-methyl/N-ethyl adjacent to an activating group) is 1. The Labute approximate surface area is 166 Å². The van der Waals surface area contributed by atoms with Crippen molar-refractivity contribution in [1.29, 1.82) is 0 Å². The molecule has 1 saturated carbocycles. The predicted octanol–water partition coefficient (Wildman–Crippen LogP) is 1.92. The van der Waals surface area contributed by atoms with Crippen molar-refractivity contribution in [3.05, 3.63) is 24.5 Å². The van der Waals surface area contributed by atoms with E-state index in [4.69, 9.17) is 4.74 Å². The average Bonchev–Trinajstić information content (AvgIpc) is 3.09. The maximum atomic E-state index is 12.1. The van der Waals surface area contributed by atoms with Gasteiger partial charge >= 0.3 is 0 Å². The van der Waals surface area contributed by atoms with Crippen molar-refractivity contribution in [2.75, 3.05) is 45.7 Å². The van der Waals surface area contributed by atoms with Gasteiger partial charge in [-0.15, -0.1) is 0 Å². The lowest BCUT2D eigenvalue weighted by Gasteiger charge is -2.31. The van der Waals surface area contributed by atoms with Crippen molar-refractivity contribution in [3.8, 4) is 5.75 Å². The summed E-state index contributed by atoms with van der Waals surface area (Å²) in [5, 5.41) is 4.21. The highest BCUT2D eigenvalue weighted by molar-refractivity contribution is 5.94. The molecule has 1 aliphatic heterocycles. The Morgan fingerprint density at radius 3 is 2.86 bits per heavy atom. The molecular weight excluding hydrogens is 354 g/mol. The number of rotatable bonds is 5. The van der Waals surface area contributed by atoms with E-state index < -0.39 is 0 Å². The molecule has 3 unspecified atom stereocenters. The van der Waals surface area contributed by atoms with Crippen LogP contribution in [0.1, 0.15) is 19.3 Å². The fraction of sp³-hybridized carbons (Fsp3) is 0.571. The number of nitrogens with zero attached hydrogens (tertiary/aromatic N) is 4. The van der Waals surface area contributed by atoms with Gasteiger partial charge in [0, 0.05) is 19.1 Å². The van der Waals surface area contributed by atoms with Gasteiger partial charge in [-0.2, -0.15) is 0 Å². The fourth-order valence-electron chi connectivity index (χ4n) is 4.77. The van der Waals surface area contributed by atoms with Crippen LogP contribution in [-0.4, -0.2) is 67.7 Å². The van der Waals surface area contributed by atoms with Gasteiger partial charge in [-0.3, -0.25) is 4.79 Å². The number of nitrogens with one attached hydrogen (secondary N) is 1. The number of carbonyl (C=O) groups is 1. The molecule has 1 saturated heterocycles. The van der Waals surface area contributed by atoms with Crippen molar-refractivity contribution in [2.24, 2.45) is 11.8 Å². The first-order valence-electron chi connectivity index (χ1n) is 10.0. The normalized spacial score (nSPS) is 24.4. The number of methoxy groups -OCH3 is 1. The van der Waals surface area contributed by atoms with Crippen LogP contribution in [0.2, 0.25) is 0 Å². The third-order valence-corrected chi connectivity index (χ3v) is 6.00. The van der Waals surface area contributed by atoms with Crippen LogP contribution in [0.4, 0.5) is 5.82 Å². The van der Waals surface area contributed by atoms with E-state index in [0.717, 1.165) is 54.8 Å². The van der Waals surface area contributed by atoms with Crippen molar-refractivity contribution >= 4 is 22.6 Å². The van der Waals surface area contributed by atoms with E-state index in [9.17, 15) is 4.79 Å². The van der Waals surface area contributed by atoms with Gasteiger partial charge in [0.15, 0.2) is 0 Å². The largest absolute Gasteiger partial charge is 0.496 e. The Hall–Kier alpha value is -2.41. The van der Waals surface area contributed by atoms with Crippen LogP contribution < -0.4 is 15.0 Å². The number of hydrogen-bond donors (Lipinski definition) is 1. The summed E-state index contributed by atoms with van der Waals surface area (Å²) < 4.78 is 5.58. The summed E-state index contributed by atoms with van der Waals surface area (Å²) in [5.41, 5.74) is 0.910. The molecule has 1 amide bonds. The zero-order valence-corrected chi connectivity index (χ0v) is 16.9. The van der Waals surface area contributed by atoms with E-state index in [0.29, 0.717) is 18.4 Å². The van der Waals surface area contributed by atoms with E-state index in [-0.39, 0.29) is 11.9 Å². The lowest BCUT2D eigenvalue weighted by atomic mass is 9.79. The summed E-state index contributed by atoms with van der Waals surface area (Å²) in [4.78, 5) is 25.4. The second-order valence-electron chi connectivity index (χ2n) is 8.29. The number of carbonyl (C=O) groups excluding carboxylic acids is 1. The molecule has 3 atom stereocenters. The summed E-state index contributed by atoms with van der Waals surface area (Å²) in [7, 11) is 5.54. The van der Waals surface area contributed by atoms with Gasteiger partial charge < -0.3 is 19.9 Å². The average molecular weight is 383 g/mol. The summed E-state index contributed by atoms with van der Waals surface area (Å²) in [6.07, 6.45) is 4.89. The molecule has 7 nitrogen and oxygen atoms in total. The van der Waals surface area contributed by atoms with Gasteiger partial charge in [-0.25, -0.2) is 9.97 Å². The fourth-order valence-corrected chi connectivity index (χ4v) is 4.77. The lowest BCUT2D eigenvalue weighted by molar-refractivity contribution is -0.122. The third kappa shape index (κ3) is 3.76. The summed E-state index contributed by atoms with van der Waals surface area (Å²) in [6.45, 7) is 2.42. The van der Waals surface area contributed by atoms with Crippen molar-refractivity contribution in [2.45, 2.75) is 25.3 Å². The molecule has 2 aliphatic rings. The number of aromatic nitrogens is 2. The van der Waals surface area contributed by atoms with Crippen LogP contribution in [-0.2, 0) is 4.79 Å². The number of amides is 1. The molecule has 1 aromatic heterocycles. The maximum absolute atomic E-state index is 12.1. The molecule has 2 fully saturated rings. The maximum Gasteiger partial charge on any atom is 0.234 e. The molecule has 0 radical (unpaired) electrons. The van der Waals surface area contributed by atoms with Gasteiger partial charge in [0.2, 0.25) is 5.91 Å². The Kier molecular flexibility index (Phi) is 5.35. The first kappa shape index (κ1) is 18.9. The topological polar surface area (TPSA) is 70.6 Å². The molecule has 0 spiro atoms. The monoisotopic (exact) mass is 383 g/mol. The van der Waals surface area contributed by atoms with E-state index >= 15 is 0 Å². The molecule has 0 bridgehead atoms. The number of hydrogen-bond acceptors (Lipinski definition) is 6. The Balaban J connectivity index is 1.49. The first-order chi connectivity index (χ1) is 13.5. The van der Waals surface area contributed by atoms with Gasteiger partial charge in [-0.1, -0.05) is 6.07 Å². The van der Waals surface area contributed by atoms with Crippen molar-refractivity contribution < 1.29 is 9.53 Å². The molecule has 1 aromatic carbocycles. The number of anilines is 1. The highest BCUT2D eigenvalue weighted by Crippen LogP contribution is 2.40. The Morgan fingerprint density at radius 1 is 1.25 bits per heavy atom. The minimum atomic E-state index is 0.120. The molecule has 1 N–H and O–H groups in total. The molecule has 7 heteroatoms. The van der Waals surface area contributed by atoms with Gasteiger partial charge in [0.25, 0.3) is 0 Å². The van der Waals surface area contributed by atoms with E-state index in [1.807, 2.05) is 37.2 Å². The molecule has 150 valence electrons. The molecule has 2 aromatic rings. The number of ether oxygens (including phenoxy) is 1. The predicted molar refractivity (Wildman–Crippen MR) is 110 cm³/mol. The minimum Gasteiger partial charge on any atom is -0.496 e. The number of fused-ring (bicyclic) bond motifs is 2. The summed E-state index contributed by atoms with van der Waals surface area (Å²) in [6, 6.07) is 6.21. The molecule has 4 rings (SSSR count). The van der Waals surface area contributed by atoms with E-state index in [1.54, 1.807) is 13.4 Å². The second kappa shape index (κ2) is 7.91. The highest BCUT2D eigenvalue weighted by Gasteiger charge is 2.39. The zero-order chi connectivity index (χ0) is 19.7. The quantitative estimate of drug-likeness (QED) is 0.851. The minimum absolute atomic E-state index is 0.120. The van der Waals surface area contributed by atoms with Gasteiger partial charge in [-0.05, 0) is 57.3 Å². The standard InChI is InChI=1S/C21H29N5O2/c1-25(2)12-19(27)24-16-8-7-14-10-26(11-15(14)9-16)21-20-17(22-13-23-21)5-4-6-18(20)28-3/h4-6,13-16H,7-12H2,1-3H3,(H,24,27). The molecule has 2 heterocycles. The van der Waals surface area contributed by atoms with Gasteiger partial charge in [0.1, 0.15) is 17.9 Å². The highest BCUT2D eigenvalue weighted by atomic mass is 16.5. The number of benzene rings is 1. The van der Waals surface area contributed by atoms with Crippen LogP contribution in [0.25, 0.3) is 10.9 Å². The molecule has 28 heavy (non-hydrogen) atoms. The second-order valence-corrected chi connectivity index (χ2v) is 8.29. The van der Waals surface area contributed by atoms with Crippen LogP contribution >= 0.6 is 0 Å². The smallest absolute Gasteiger partial charge is 0.234 e. The molecule has 1 aliphatic carbocycles. The zero-order valence-electron chi connectivity index (χ0n) is 16.9. The first-order valence-corrected chi connectivity index (χ1v) is 10.0. The molecular formula is C21H29N5O2. The van der Waals surface area contributed by atoms with E-state index in [1.165, 1.54) is 0 Å². The van der Waals surface area contributed by atoms with Crippen molar-refractivity contribution in [3.63, 3.8) is 0 Å². The third-order valence-electron chi connectivity index (χ3n) is 6.00. The summed E-state index contributed by atoms with van der Waals surface area (Å²) in [5.74, 6) is 3.14. The lowest BCUT2D eigenvalue weighted by Crippen LogP contribution is -2.43.